The molecule has 3 heteroatoms. The number of unbranched alkanes of at least 4 members (excludes halogenated alkanes) is 2. The molecule has 104 valence electrons. The average molecular weight is 244 g/mol. The fourth-order valence-electron chi connectivity index (χ4n) is 1.61. The van der Waals surface area contributed by atoms with Crippen molar-refractivity contribution in [3.63, 3.8) is 0 Å². The molecule has 0 saturated heterocycles. The minimum absolute atomic E-state index is 0.759. The van der Waals surface area contributed by atoms with E-state index in [4.69, 9.17) is 4.74 Å². The third-order valence-corrected chi connectivity index (χ3v) is 2.59. The molecule has 0 amide bonds. The van der Waals surface area contributed by atoms with Gasteiger partial charge in [0.15, 0.2) is 0 Å². The van der Waals surface area contributed by atoms with Crippen molar-refractivity contribution < 1.29 is 4.74 Å². The van der Waals surface area contributed by atoms with Crippen LogP contribution in [-0.4, -0.2) is 51.8 Å². The van der Waals surface area contributed by atoms with E-state index in [2.05, 4.69) is 38.2 Å². The minimum atomic E-state index is 0.759. The Bertz CT molecular complexity index is 133. The van der Waals surface area contributed by atoms with Crippen LogP contribution in [0.2, 0.25) is 0 Å². The molecule has 0 aliphatic rings. The van der Waals surface area contributed by atoms with Gasteiger partial charge in [-0.15, -0.1) is 0 Å². The maximum Gasteiger partial charge on any atom is 0.0478 e. The second-order valence-electron chi connectivity index (χ2n) is 5.43. The van der Waals surface area contributed by atoms with Crippen LogP contribution in [-0.2, 0) is 4.74 Å². The van der Waals surface area contributed by atoms with E-state index in [0.29, 0.717) is 0 Å². The SMILES string of the molecule is CC(C)CNCCCCCOCCCN(C)C. The molecule has 0 atom stereocenters. The molecule has 0 aliphatic heterocycles. The molecule has 0 radical (unpaired) electrons. The molecule has 0 heterocycles. The van der Waals surface area contributed by atoms with Crippen LogP contribution in [0.25, 0.3) is 0 Å². The Morgan fingerprint density at radius 1 is 1.00 bits per heavy atom. The molecule has 0 spiro atoms. The van der Waals surface area contributed by atoms with Crippen molar-refractivity contribution in [2.45, 2.75) is 39.5 Å². The molecule has 0 bridgehead atoms. The van der Waals surface area contributed by atoms with E-state index in [-0.39, 0.29) is 0 Å². The van der Waals surface area contributed by atoms with Crippen LogP contribution in [0.15, 0.2) is 0 Å². The molecule has 0 aliphatic carbocycles. The minimum Gasteiger partial charge on any atom is -0.381 e. The zero-order chi connectivity index (χ0) is 12.9. The third-order valence-electron chi connectivity index (χ3n) is 2.59. The molecular weight excluding hydrogens is 212 g/mol. The van der Waals surface area contributed by atoms with Crippen LogP contribution >= 0.6 is 0 Å². The normalized spacial score (nSPS) is 11.6. The van der Waals surface area contributed by atoms with Gasteiger partial charge in [0.1, 0.15) is 0 Å². The Morgan fingerprint density at radius 2 is 1.71 bits per heavy atom. The summed E-state index contributed by atoms with van der Waals surface area (Å²) in [5.74, 6) is 0.759. The van der Waals surface area contributed by atoms with Gasteiger partial charge in [-0.25, -0.2) is 0 Å². The summed E-state index contributed by atoms with van der Waals surface area (Å²) in [4.78, 5) is 2.20. The molecule has 0 aromatic carbocycles. The highest BCUT2D eigenvalue weighted by atomic mass is 16.5. The molecule has 0 unspecified atom stereocenters. The summed E-state index contributed by atoms with van der Waals surface area (Å²) in [7, 11) is 4.20. The van der Waals surface area contributed by atoms with Gasteiger partial charge in [0.2, 0.25) is 0 Å². The van der Waals surface area contributed by atoms with Gasteiger partial charge in [-0.1, -0.05) is 13.8 Å². The van der Waals surface area contributed by atoms with E-state index >= 15 is 0 Å². The van der Waals surface area contributed by atoms with Crippen LogP contribution in [0.1, 0.15) is 39.5 Å². The fourth-order valence-corrected chi connectivity index (χ4v) is 1.61. The van der Waals surface area contributed by atoms with Gasteiger partial charge >= 0.3 is 0 Å². The van der Waals surface area contributed by atoms with E-state index < -0.39 is 0 Å². The van der Waals surface area contributed by atoms with Gasteiger partial charge in [0, 0.05) is 13.2 Å². The number of hydrogen-bond acceptors (Lipinski definition) is 3. The highest BCUT2D eigenvalue weighted by Crippen LogP contribution is 1.96. The molecule has 0 rings (SSSR count). The molecule has 0 aromatic heterocycles. The number of nitrogens with zero attached hydrogens (tertiary/aromatic N) is 1. The van der Waals surface area contributed by atoms with Crippen molar-refractivity contribution in [3.8, 4) is 0 Å². The zero-order valence-electron chi connectivity index (χ0n) is 12.3. The Labute approximate surface area is 108 Å². The largest absolute Gasteiger partial charge is 0.381 e. The van der Waals surface area contributed by atoms with Crippen molar-refractivity contribution >= 4 is 0 Å². The highest BCUT2D eigenvalue weighted by Gasteiger charge is 1.94. The summed E-state index contributed by atoms with van der Waals surface area (Å²) in [6.45, 7) is 9.74. The van der Waals surface area contributed by atoms with E-state index in [0.717, 1.165) is 45.2 Å². The molecule has 0 saturated carbocycles. The Kier molecular flexibility index (Phi) is 12.3. The standard InChI is InChI=1S/C14H32N2O/c1-14(2)13-15-9-6-5-7-11-17-12-8-10-16(3)4/h14-15H,5-13H2,1-4H3. The number of ether oxygens (including phenoxy) is 1. The van der Waals surface area contributed by atoms with Crippen molar-refractivity contribution in [2.24, 2.45) is 5.92 Å². The average Bonchev–Trinajstić information content (AvgIpc) is 2.25. The molecular formula is C14H32N2O. The first kappa shape index (κ1) is 16.9. The third kappa shape index (κ3) is 15.9. The van der Waals surface area contributed by atoms with Crippen molar-refractivity contribution in [3.05, 3.63) is 0 Å². The predicted octanol–water partition coefficient (Wildman–Crippen LogP) is 2.37. The maximum absolute atomic E-state index is 5.58. The van der Waals surface area contributed by atoms with Gasteiger partial charge in [-0.05, 0) is 65.3 Å². The van der Waals surface area contributed by atoms with E-state index in [1.807, 2.05) is 0 Å². The first-order valence-electron chi connectivity index (χ1n) is 7.06. The van der Waals surface area contributed by atoms with Gasteiger partial charge in [-0.3, -0.25) is 0 Å². The number of rotatable bonds is 12. The lowest BCUT2D eigenvalue weighted by atomic mass is 10.2. The predicted molar refractivity (Wildman–Crippen MR) is 75.5 cm³/mol. The molecule has 0 aromatic rings. The first-order valence-corrected chi connectivity index (χ1v) is 7.06. The van der Waals surface area contributed by atoms with E-state index in [9.17, 15) is 0 Å². The topological polar surface area (TPSA) is 24.5 Å². The zero-order valence-corrected chi connectivity index (χ0v) is 12.3. The van der Waals surface area contributed by atoms with Gasteiger partial charge in [0.25, 0.3) is 0 Å². The summed E-state index contributed by atoms with van der Waals surface area (Å²) in [5, 5.41) is 3.46. The van der Waals surface area contributed by atoms with Crippen LogP contribution in [0.4, 0.5) is 0 Å². The highest BCUT2D eigenvalue weighted by molar-refractivity contribution is 4.52. The summed E-state index contributed by atoms with van der Waals surface area (Å²) < 4.78 is 5.58. The van der Waals surface area contributed by atoms with Gasteiger partial charge in [0.05, 0.1) is 0 Å². The lowest BCUT2D eigenvalue weighted by Crippen LogP contribution is -2.20. The molecule has 0 fully saturated rings. The summed E-state index contributed by atoms with van der Waals surface area (Å²) in [6.07, 6.45) is 4.89. The van der Waals surface area contributed by atoms with Crippen LogP contribution in [0.3, 0.4) is 0 Å². The second kappa shape index (κ2) is 12.3. The number of hydrogen-bond donors (Lipinski definition) is 1. The number of nitrogens with one attached hydrogen (secondary N) is 1. The van der Waals surface area contributed by atoms with E-state index in [1.165, 1.54) is 19.3 Å². The maximum atomic E-state index is 5.58. The van der Waals surface area contributed by atoms with Gasteiger partial charge in [-0.2, -0.15) is 0 Å². The Balaban J connectivity index is 2.94. The lowest BCUT2D eigenvalue weighted by Gasteiger charge is -2.09. The Hall–Kier alpha value is -0.120. The summed E-state index contributed by atoms with van der Waals surface area (Å²) in [6, 6.07) is 0. The van der Waals surface area contributed by atoms with Crippen molar-refractivity contribution in [1.82, 2.24) is 10.2 Å². The van der Waals surface area contributed by atoms with E-state index in [1.54, 1.807) is 0 Å². The van der Waals surface area contributed by atoms with Gasteiger partial charge < -0.3 is 15.0 Å². The van der Waals surface area contributed by atoms with Crippen LogP contribution in [0, 0.1) is 5.92 Å². The lowest BCUT2D eigenvalue weighted by molar-refractivity contribution is 0.122. The monoisotopic (exact) mass is 244 g/mol. The molecule has 1 N–H and O–H groups in total. The quantitative estimate of drug-likeness (QED) is 0.533. The van der Waals surface area contributed by atoms with Crippen LogP contribution in [0.5, 0.6) is 0 Å². The van der Waals surface area contributed by atoms with Crippen LogP contribution < -0.4 is 5.32 Å². The molecule has 3 nitrogen and oxygen atoms in total. The summed E-state index contributed by atoms with van der Waals surface area (Å²) >= 11 is 0. The molecule has 17 heavy (non-hydrogen) atoms. The first-order chi connectivity index (χ1) is 8.13. The summed E-state index contributed by atoms with van der Waals surface area (Å²) in [5.41, 5.74) is 0. The Morgan fingerprint density at radius 3 is 2.35 bits per heavy atom. The second-order valence-corrected chi connectivity index (χ2v) is 5.43. The fraction of sp³-hybridized carbons (Fsp3) is 1.00. The smallest absolute Gasteiger partial charge is 0.0478 e. The van der Waals surface area contributed by atoms with Crippen molar-refractivity contribution in [2.75, 3.05) is 46.9 Å². The van der Waals surface area contributed by atoms with Crippen molar-refractivity contribution in [1.29, 1.82) is 0 Å².